The van der Waals surface area contributed by atoms with Crippen LogP contribution in [0.1, 0.15) is 53.4 Å². The van der Waals surface area contributed by atoms with E-state index in [-0.39, 0.29) is 16.2 Å². The summed E-state index contributed by atoms with van der Waals surface area (Å²) in [4.78, 5) is 0. The molecule has 1 unspecified atom stereocenters. The number of nitrogens with two attached hydrogens (primary N) is 1. The Balaban J connectivity index is 2.34. The van der Waals surface area contributed by atoms with E-state index in [1.165, 1.54) is 0 Å². The average Bonchev–Trinajstić information content (AvgIpc) is 2.60. The highest BCUT2D eigenvalue weighted by molar-refractivity contribution is 5.09. The van der Waals surface area contributed by atoms with Gasteiger partial charge < -0.3 is 15.6 Å². The molecule has 0 amide bonds. The van der Waals surface area contributed by atoms with E-state index in [4.69, 9.17) is 10.5 Å². The summed E-state index contributed by atoms with van der Waals surface area (Å²) >= 11 is 0. The molecule has 0 radical (unpaired) electrons. The Kier molecular flexibility index (Phi) is 3.33. The average molecular weight is 255 g/mol. The third-order valence-corrected chi connectivity index (χ3v) is 4.98. The van der Waals surface area contributed by atoms with Gasteiger partial charge in [-0.1, -0.05) is 27.7 Å². The minimum absolute atomic E-state index is 0.168. The highest BCUT2D eigenvalue weighted by Crippen LogP contribution is 2.57. The van der Waals surface area contributed by atoms with E-state index >= 15 is 0 Å². The van der Waals surface area contributed by atoms with Gasteiger partial charge in [-0.05, 0) is 36.5 Å². The lowest BCUT2D eigenvalue weighted by molar-refractivity contribution is -0.162. The Hall–Kier alpha value is -0.120. The fraction of sp³-hybridized carbons (Fsp3) is 1.00. The molecule has 2 aliphatic rings. The fourth-order valence-electron chi connectivity index (χ4n) is 4.77. The first-order valence-electron chi connectivity index (χ1n) is 7.14. The van der Waals surface area contributed by atoms with Crippen LogP contribution < -0.4 is 5.73 Å². The van der Waals surface area contributed by atoms with Crippen molar-refractivity contribution >= 4 is 0 Å². The van der Waals surface area contributed by atoms with E-state index in [1.54, 1.807) is 0 Å². The normalized spacial score (nSPS) is 37.7. The van der Waals surface area contributed by atoms with Gasteiger partial charge in [0.1, 0.15) is 0 Å². The first-order valence-corrected chi connectivity index (χ1v) is 7.14. The van der Waals surface area contributed by atoms with Gasteiger partial charge in [0.05, 0.1) is 12.2 Å². The van der Waals surface area contributed by atoms with Crippen LogP contribution in [0.2, 0.25) is 0 Å². The van der Waals surface area contributed by atoms with Gasteiger partial charge in [0.15, 0.2) is 0 Å². The summed E-state index contributed by atoms with van der Waals surface area (Å²) in [5.74, 6) is 0. The molecule has 0 aromatic carbocycles. The van der Waals surface area contributed by atoms with Gasteiger partial charge in [0, 0.05) is 18.6 Å². The summed E-state index contributed by atoms with van der Waals surface area (Å²) in [6, 6.07) is 0. The molecular weight excluding hydrogens is 226 g/mol. The summed E-state index contributed by atoms with van der Waals surface area (Å²) < 4.78 is 5.57. The van der Waals surface area contributed by atoms with Crippen LogP contribution >= 0.6 is 0 Å². The van der Waals surface area contributed by atoms with Gasteiger partial charge in [0.2, 0.25) is 0 Å². The summed E-state index contributed by atoms with van der Waals surface area (Å²) in [5, 5.41) is 11.3. The van der Waals surface area contributed by atoms with Crippen LogP contribution in [0.4, 0.5) is 0 Å². The standard InChI is InChI=1S/C15H29NO2/c1-12(2)7-13(3,4)9-15(17,8-12)14(10-16)5-6-18-11-14/h17H,5-11,16H2,1-4H3. The summed E-state index contributed by atoms with van der Waals surface area (Å²) in [5.41, 5.74) is 5.45. The molecule has 0 spiro atoms. The summed E-state index contributed by atoms with van der Waals surface area (Å²) in [7, 11) is 0. The van der Waals surface area contributed by atoms with Crippen LogP contribution in [0, 0.1) is 16.2 Å². The molecule has 1 heterocycles. The number of hydrogen-bond donors (Lipinski definition) is 2. The van der Waals surface area contributed by atoms with Crippen LogP contribution in [-0.2, 0) is 4.74 Å². The molecule has 1 atom stereocenters. The van der Waals surface area contributed by atoms with Gasteiger partial charge in [-0.15, -0.1) is 0 Å². The van der Waals surface area contributed by atoms with Gasteiger partial charge in [-0.25, -0.2) is 0 Å². The van der Waals surface area contributed by atoms with E-state index in [2.05, 4.69) is 27.7 Å². The number of hydrogen-bond acceptors (Lipinski definition) is 3. The van der Waals surface area contributed by atoms with Gasteiger partial charge in [-0.3, -0.25) is 0 Å². The van der Waals surface area contributed by atoms with Gasteiger partial charge >= 0.3 is 0 Å². The molecule has 18 heavy (non-hydrogen) atoms. The number of aliphatic hydroxyl groups is 1. The van der Waals surface area contributed by atoms with E-state index in [1.807, 2.05) is 0 Å². The zero-order valence-corrected chi connectivity index (χ0v) is 12.4. The molecule has 1 aliphatic heterocycles. The lowest BCUT2D eigenvalue weighted by Crippen LogP contribution is -2.59. The Morgan fingerprint density at radius 3 is 2.00 bits per heavy atom. The molecule has 1 saturated carbocycles. The second kappa shape index (κ2) is 4.19. The molecular formula is C15H29NO2. The van der Waals surface area contributed by atoms with Crippen LogP contribution in [-0.4, -0.2) is 30.5 Å². The van der Waals surface area contributed by atoms with Crippen molar-refractivity contribution in [2.45, 2.75) is 59.0 Å². The van der Waals surface area contributed by atoms with Gasteiger partial charge in [0.25, 0.3) is 0 Å². The summed E-state index contributed by atoms with van der Waals surface area (Å²) in [6.07, 6.45) is 3.73. The third kappa shape index (κ3) is 2.33. The number of ether oxygens (including phenoxy) is 1. The quantitative estimate of drug-likeness (QED) is 0.796. The van der Waals surface area contributed by atoms with Crippen LogP contribution in [0.25, 0.3) is 0 Å². The van der Waals surface area contributed by atoms with Crippen molar-refractivity contribution in [3.8, 4) is 0 Å². The Labute approximate surface area is 111 Å². The predicted molar refractivity (Wildman–Crippen MR) is 73.3 cm³/mol. The van der Waals surface area contributed by atoms with Crippen molar-refractivity contribution in [1.82, 2.24) is 0 Å². The molecule has 1 saturated heterocycles. The lowest BCUT2D eigenvalue weighted by Gasteiger charge is -2.56. The molecule has 3 nitrogen and oxygen atoms in total. The minimum Gasteiger partial charge on any atom is -0.389 e. The van der Waals surface area contributed by atoms with Crippen molar-refractivity contribution in [1.29, 1.82) is 0 Å². The molecule has 0 aromatic rings. The fourth-order valence-corrected chi connectivity index (χ4v) is 4.77. The maximum Gasteiger partial charge on any atom is 0.0748 e. The maximum absolute atomic E-state index is 11.3. The van der Waals surface area contributed by atoms with Crippen molar-refractivity contribution in [2.24, 2.45) is 22.0 Å². The first-order chi connectivity index (χ1) is 8.14. The Morgan fingerprint density at radius 1 is 1.06 bits per heavy atom. The third-order valence-electron chi connectivity index (χ3n) is 4.98. The molecule has 1 aliphatic carbocycles. The molecule has 0 bridgehead atoms. The molecule has 3 heteroatoms. The zero-order chi connectivity index (χ0) is 13.7. The predicted octanol–water partition coefficient (Wildman–Crippen LogP) is 2.32. The van der Waals surface area contributed by atoms with Crippen molar-refractivity contribution in [3.05, 3.63) is 0 Å². The van der Waals surface area contributed by atoms with E-state index in [0.717, 1.165) is 32.3 Å². The van der Waals surface area contributed by atoms with Gasteiger partial charge in [-0.2, -0.15) is 0 Å². The van der Waals surface area contributed by atoms with Crippen molar-refractivity contribution in [2.75, 3.05) is 19.8 Å². The topological polar surface area (TPSA) is 55.5 Å². The lowest BCUT2D eigenvalue weighted by atomic mass is 9.52. The summed E-state index contributed by atoms with van der Waals surface area (Å²) in [6.45, 7) is 10.9. The molecule has 2 fully saturated rings. The number of rotatable bonds is 2. The van der Waals surface area contributed by atoms with Crippen LogP contribution in [0.15, 0.2) is 0 Å². The molecule has 106 valence electrons. The minimum atomic E-state index is -0.677. The highest BCUT2D eigenvalue weighted by Gasteiger charge is 2.58. The second-order valence-corrected chi connectivity index (χ2v) is 8.18. The smallest absolute Gasteiger partial charge is 0.0748 e. The van der Waals surface area contributed by atoms with Crippen LogP contribution in [0.5, 0.6) is 0 Å². The first kappa shape index (κ1) is 14.3. The van der Waals surface area contributed by atoms with E-state index < -0.39 is 5.60 Å². The maximum atomic E-state index is 11.3. The van der Waals surface area contributed by atoms with Crippen molar-refractivity contribution < 1.29 is 9.84 Å². The molecule has 2 rings (SSSR count). The van der Waals surface area contributed by atoms with Crippen LogP contribution in [0.3, 0.4) is 0 Å². The molecule has 3 N–H and O–H groups in total. The van der Waals surface area contributed by atoms with E-state index in [9.17, 15) is 5.11 Å². The second-order valence-electron chi connectivity index (χ2n) is 8.18. The SMILES string of the molecule is CC1(C)CC(C)(C)CC(O)(C2(CN)CCOC2)C1. The molecule has 0 aromatic heterocycles. The monoisotopic (exact) mass is 255 g/mol. The zero-order valence-electron chi connectivity index (χ0n) is 12.4. The van der Waals surface area contributed by atoms with E-state index in [0.29, 0.717) is 13.2 Å². The van der Waals surface area contributed by atoms with Crippen molar-refractivity contribution in [3.63, 3.8) is 0 Å². The highest BCUT2D eigenvalue weighted by atomic mass is 16.5. The Bertz CT molecular complexity index is 300. The Morgan fingerprint density at radius 2 is 1.61 bits per heavy atom. The largest absolute Gasteiger partial charge is 0.389 e.